The number of nitriles is 1. The number of hydrogen-bond acceptors (Lipinski definition) is 5. The lowest BCUT2D eigenvalue weighted by molar-refractivity contribution is -0.137. The van der Waals surface area contributed by atoms with Crippen molar-refractivity contribution in [2.75, 3.05) is 0 Å². The Morgan fingerprint density at radius 1 is 1.43 bits per heavy atom. The van der Waals surface area contributed by atoms with E-state index in [-0.39, 0.29) is 16.5 Å². The zero-order chi connectivity index (χ0) is 15.5. The topological polar surface area (TPSA) is 78.2 Å². The minimum atomic E-state index is -4.48. The summed E-state index contributed by atoms with van der Waals surface area (Å²) in [6, 6.07) is 2.74. The highest BCUT2D eigenvalue weighted by Gasteiger charge is 2.31. The van der Waals surface area contributed by atoms with Gasteiger partial charge in [-0.15, -0.1) is 0 Å². The van der Waals surface area contributed by atoms with E-state index in [1.54, 1.807) is 0 Å². The Morgan fingerprint density at radius 2 is 2.19 bits per heavy atom. The second-order valence-electron chi connectivity index (χ2n) is 3.83. The molecule has 2 aromatic heterocycles. The molecular weight excluding hydrogens is 327 g/mol. The summed E-state index contributed by atoms with van der Waals surface area (Å²) in [7, 11) is 0. The van der Waals surface area contributed by atoms with Crippen LogP contribution in [0.15, 0.2) is 17.3 Å². The van der Waals surface area contributed by atoms with Gasteiger partial charge in [-0.2, -0.15) is 23.5 Å². The van der Waals surface area contributed by atoms with Crippen LogP contribution >= 0.6 is 23.4 Å². The first kappa shape index (κ1) is 15.6. The van der Waals surface area contributed by atoms with Gasteiger partial charge in [-0.05, 0) is 6.07 Å². The number of rotatable bonds is 4. The van der Waals surface area contributed by atoms with Crippen molar-refractivity contribution in [3.63, 3.8) is 0 Å². The normalized spacial score (nSPS) is 11.4. The highest BCUT2D eigenvalue weighted by molar-refractivity contribution is 7.98. The molecule has 5 nitrogen and oxygen atoms in total. The van der Waals surface area contributed by atoms with Crippen molar-refractivity contribution in [2.45, 2.75) is 23.4 Å². The molecule has 0 aliphatic heterocycles. The average Bonchev–Trinajstić information content (AvgIpc) is 2.84. The zero-order valence-electron chi connectivity index (χ0n) is 10.3. The number of alkyl halides is 3. The third-order valence-electron chi connectivity index (χ3n) is 2.30. The van der Waals surface area contributed by atoms with Gasteiger partial charge in [0.25, 0.3) is 0 Å². The van der Waals surface area contributed by atoms with Crippen molar-refractivity contribution in [3.05, 3.63) is 34.5 Å². The Kier molecular flexibility index (Phi) is 4.69. The minimum Gasteiger partial charge on any atom is -0.262 e. The van der Waals surface area contributed by atoms with Gasteiger partial charge in [0.1, 0.15) is 10.9 Å². The first-order valence-corrected chi connectivity index (χ1v) is 6.89. The monoisotopic (exact) mass is 333 g/mol. The Labute approximate surface area is 126 Å². The van der Waals surface area contributed by atoms with Gasteiger partial charge < -0.3 is 0 Å². The van der Waals surface area contributed by atoms with Crippen LogP contribution in [0.3, 0.4) is 0 Å². The van der Waals surface area contributed by atoms with Crippen LogP contribution in [0, 0.1) is 11.3 Å². The van der Waals surface area contributed by atoms with Crippen LogP contribution in [0.2, 0.25) is 5.02 Å². The molecule has 21 heavy (non-hydrogen) atoms. The molecule has 0 bridgehead atoms. The van der Waals surface area contributed by atoms with Gasteiger partial charge in [0.15, 0.2) is 5.82 Å². The summed E-state index contributed by atoms with van der Waals surface area (Å²) in [6.45, 7) is 0. The number of nitrogens with one attached hydrogen (secondary N) is 1. The molecule has 0 aliphatic rings. The van der Waals surface area contributed by atoms with Crippen molar-refractivity contribution in [1.29, 1.82) is 5.26 Å². The first-order valence-electron chi connectivity index (χ1n) is 5.53. The number of nitrogens with zero attached hydrogens (tertiary/aromatic N) is 4. The van der Waals surface area contributed by atoms with Crippen LogP contribution in [0.25, 0.3) is 0 Å². The molecule has 0 fully saturated rings. The molecule has 2 rings (SSSR count). The Balaban J connectivity index is 2.05. The summed E-state index contributed by atoms with van der Waals surface area (Å²) in [5, 5.41) is 15.1. The van der Waals surface area contributed by atoms with E-state index in [0.29, 0.717) is 17.4 Å². The van der Waals surface area contributed by atoms with E-state index < -0.39 is 11.7 Å². The molecule has 110 valence electrons. The van der Waals surface area contributed by atoms with Gasteiger partial charge in [-0.1, -0.05) is 23.4 Å². The molecule has 0 aliphatic carbocycles. The number of aromatic amines is 1. The number of hydrogen-bond donors (Lipinski definition) is 1. The SMILES string of the molecule is N#CCc1n[nH]c(CSc2ncc(C(F)(F)F)cc2Cl)n1. The summed E-state index contributed by atoms with van der Waals surface area (Å²) in [5.41, 5.74) is -0.896. The van der Waals surface area contributed by atoms with E-state index >= 15 is 0 Å². The Morgan fingerprint density at radius 3 is 2.81 bits per heavy atom. The van der Waals surface area contributed by atoms with E-state index in [0.717, 1.165) is 24.0 Å². The van der Waals surface area contributed by atoms with Crippen molar-refractivity contribution >= 4 is 23.4 Å². The lowest BCUT2D eigenvalue weighted by Crippen LogP contribution is -2.05. The summed E-state index contributed by atoms with van der Waals surface area (Å²) in [4.78, 5) is 7.74. The molecule has 0 amide bonds. The third kappa shape index (κ3) is 4.09. The van der Waals surface area contributed by atoms with Gasteiger partial charge in [0.2, 0.25) is 0 Å². The molecular formula is C11H7ClF3N5S. The molecule has 2 heterocycles. The predicted octanol–water partition coefficient (Wildman–Crippen LogP) is 3.23. The molecule has 0 radical (unpaired) electrons. The van der Waals surface area contributed by atoms with Crippen molar-refractivity contribution < 1.29 is 13.2 Å². The predicted molar refractivity (Wildman–Crippen MR) is 69.5 cm³/mol. The number of H-pyrrole nitrogens is 1. The van der Waals surface area contributed by atoms with Crippen LogP contribution in [-0.2, 0) is 18.3 Å². The van der Waals surface area contributed by atoms with Crippen molar-refractivity contribution in [1.82, 2.24) is 20.2 Å². The van der Waals surface area contributed by atoms with E-state index in [1.807, 2.05) is 6.07 Å². The van der Waals surface area contributed by atoms with E-state index in [1.165, 1.54) is 0 Å². The number of aromatic nitrogens is 4. The standard InChI is InChI=1S/C11H7ClF3N5S/c12-7-3-6(11(13,14)15)4-17-10(7)21-5-9-18-8(1-2-16)19-20-9/h3-4H,1,5H2,(H,18,19,20). The maximum Gasteiger partial charge on any atom is 0.417 e. The van der Waals surface area contributed by atoms with Crippen LogP contribution in [0.4, 0.5) is 13.2 Å². The fourth-order valence-electron chi connectivity index (χ4n) is 1.37. The molecule has 0 saturated carbocycles. The summed E-state index contributed by atoms with van der Waals surface area (Å²) in [6.07, 6.45) is -3.66. The molecule has 0 aromatic carbocycles. The Bertz CT molecular complexity index is 679. The molecule has 0 spiro atoms. The molecule has 0 saturated heterocycles. The largest absolute Gasteiger partial charge is 0.417 e. The highest BCUT2D eigenvalue weighted by Crippen LogP contribution is 2.34. The highest BCUT2D eigenvalue weighted by atomic mass is 35.5. The lowest BCUT2D eigenvalue weighted by Gasteiger charge is -2.08. The summed E-state index contributed by atoms with van der Waals surface area (Å²) < 4.78 is 37.4. The molecule has 10 heteroatoms. The van der Waals surface area contributed by atoms with Crippen molar-refractivity contribution in [3.8, 4) is 6.07 Å². The van der Waals surface area contributed by atoms with Crippen LogP contribution in [0.1, 0.15) is 17.2 Å². The minimum absolute atomic E-state index is 0.0772. The zero-order valence-corrected chi connectivity index (χ0v) is 11.9. The maximum absolute atomic E-state index is 12.5. The van der Waals surface area contributed by atoms with E-state index in [2.05, 4.69) is 20.2 Å². The van der Waals surface area contributed by atoms with E-state index in [4.69, 9.17) is 16.9 Å². The summed E-state index contributed by atoms with van der Waals surface area (Å²) >= 11 is 6.91. The van der Waals surface area contributed by atoms with Gasteiger partial charge in [0, 0.05) is 6.20 Å². The lowest BCUT2D eigenvalue weighted by atomic mass is 10.3. The maximum atomic E-state index is 12.5. The second-order valence-corrected chi connectivity index (χ2v) is 5.20. The van der Waals surface area contributed by atoms with Crippen LogP contribution in [-0.4, -0.2) is 20.2 Å². The van der Waals surface area contributed by atoms with E-state index in [9.17, 15) is 13.2 Å². The molecule has 2 aromatic rings. The fraction of sp³-hybridized carbons (Fsp3) is 0.273. The number of pyridine rings is 1. The smallest absolute Gasteiger partial charge is 0.262 e. The number of thioether (sulfide) groups is 1. The first-order chi connectivity index (χ1) is 9.90. The van der Waals surface area contributed by atoms with Gasteiger partial charge in [-0.25, -0.2) is 9.97 Å². The average molecular weight is 334 g/mol. The van der Waals surface area contributed by atoms with Gasteiger partial charge >= 0.3 is 6.18 Å². The molecule has 0 atom stereocenters. The molecule has 1 N–H and O–H groups in total. The third-order valence-corrected chi connectivity index (χ3v) is 3.71. The number of halogens is 4. The van der Waals surface area contributed by atoms with Crippen LogP contribution < -0.4 is 0 Å². The summed E-state index contributed by atoms with van der Waals surface area (Å²) in [5.74, 6) is 1.15. The second kappa shape index (κ2) is 6.32. The fourth-order valence-corrected chi connectivity index (χ4v) is 2.43. The molecule has 0 unspecified atom stereocenters. The van der Waals surface area contributed by atoms with Crippen LogP contribution in [0.5, 0.6) is 0 Å². The van der Waals surface area contributed by atoms with Crippen molar-refractivity contribution in [2.24, 2.45) is 0 Å². The quantitative estimate of drug-likeness (QED) is 0.869. The van der Waals surface area contributed by atoms with Gasteiger partial charge in [-0.3, -0.25) is 5.10 Å². The Hall–Kier alpha value is -1.79. The van der Waals surface area contributed by atoms with Gasteiger partial charge in [0.05, 0.1) is 28.8 Å².